The Morgan fingerprint density at radius 3 is 2.20 bits per heavy atom. The lowest BCUT2D eigenvalue weighted by Crippen LogP contribution is -1.96. The Hall–Kier alpha value is -1.90. The van der Waals surface area contributed by atoms with Gasteiger partial charge in [0.25, 0.3) is 0 Å². The van der Waals surface area contributed by atoms with Gasteiger partial charge in [-0.05, 0) is 18.1 Å². The lowest BCUT2D eigenvalue weighted by molar-refractivity contribution is 1.08. The molecule has 3 nitrogen and oxygen atoms in total. The first kappa shape index (κ1) is 9.65. The van der Waals surface area contributed by atoms with Gasteiger partial charge in [-0.1, -0.05) is 29.8 Å². The van der Waals surface area contributed by atoms with Gasteiger partial charge in [0.1, 0.15) is 0 Å². The number of nitrogens with zero attached hydrogens (tertiary/aromatic N) is 2. The second-order valence-corrected chi connectivity index (χ2v) is 3.61. The third-order valence-corrected chi connectivity index (χ3v) is 2.25. The van der Waals surface area contributed by atoms with Crippen LogP contribution in [-0.2, 0) is 6.42 Å². The molecule has 2 aromatic rings. The van der Waals surface area contributed by atoms with Gasteiger partial charge in [-0.15, -0.1) is 0 Å². The molecule has 0 fully saturated rings. The Morgan fingerprint density at radius 2 is 1.60 bits per heavy atom. The van der Waals surface area contributed by atoms with Crippen LogP contribution in [0.15, 0.2) is 36.7 Å². The quantitative estimate of drug-likeness (QED) is 0.804. The zero-order valence-electron chi connectivity index (χ0n) is 8.64. The summed E-state index contributed by atoms with van der Waals surface area (Å²) in [6.45, 7) is 2.08. The van der Waals surface area contributed by atoms with Crippen LogP contribution in [0.2, 0.25) is 0 Å². The smallest absolute Gasteiger partial charge is 0.219 e. The second-order valence-electron chi connectivity index (χ2n) is 3.61. The number of nitrogens with two attached hydrogens (primary N) is 1. The van der Waals surface area contributed by atoms with E-state index in [-0.39, 0.29) is 0 Å². The summed E-state index contributed by atoms with van der Waals surface area (Å²) in [5, 5.41) is 0. The Kier molecular flexibility index (Phi) is 2.63. The molecule has 2 N–H and O–H groups in total. The first-order chi connectivity index (χ1) is 7.24. The summed E-state index contributed by atoms with van der Waals surface area (Å²) in [5.41, 5.74) is 9.02. The fourth-order valence-electron chi connectivity index (χ4n) is 1.40. The van der Waals surface area contributed by atoms with E-state index >= 15 is 0 Å². The summed E-state index contributed by atoms with van der Waals surface area (Å²) in [7, 11) is 0. The van der Waals surface area contributed by atoms with E-state index in [0.717, 1.165) is 12.0 Å². The molecule has 0 unspecified atom stereocenters. The number of aromatic nitrogens is 2. The van der Waals surface area contributed by atoms with Gasteiger partial charge in [0, 0.05) is 18.8 Å². The molecule has 0 aliphatic rings. The van der Waals surface area contributed by atoms with Crippen molar-refractivity contribution in [2.24, 2.45) is 0 Å². The van der Waals surface area contributed by atoms with Crippen LogP contribution in [-0.4, -0.2) is 9.97 Å². The fraction of sp³-hybridized carbons (Fsp3) is 0.167. The average Bonchev–Trinajstić information content (AvgIpc) is 2.25. The van der Waals surface area contributed by atoms with Crippen molar-refractivity contribution >= 4 is 5.95 Å². The predicted octanol–water partition coefficient (Wildman–Crippen LogP) is 1.96. The van der Waals surface area contributed by atoms with Crippen molar-refractivity contribution in [2.45, 2.75) is 13.3 Å². The summed E-state index contributed by atoms with van der Waals surface area (Å²) in [4.78, 5) is 7.92. The summed E-state index contributed by atoms with van der Waals surface area (Å²) >= 11 is 0. The van der Waals surface area contributed by atoms with E-state index in [4.69, 9.17) is 5.73 Å². The zero-order chi connectivity index (χ0) is 10.7. The minimum Gasteiger partial charge on any atom is -0.368 e. The molecule has 0 spiro atoms. The maximum absolute atomic E-state index is 5.42. The van der Waals surface area contributed by atoms with Gasteiger partial charge in [0.15, 0.2) is 0 Å². The first-order valence-corrected chi connectivity index (χ1v) is 4.86. The molecule has 76 valence electrons. The molecule has 1 aromatic carbocycles. The van der Waals surface area contributed by atoms with E-state index in [1.165, 1.54) is 11.1 Å². The Morgan fingerprint density at radius 1 is 1.00 bits per heavy atom. The highest BCUT2D eigenvalue weighted by Gasteiger charge is 1.97. The molecule has 15 heavy (non-hydrogen) atoms. The Balaban J connectivity index is 2.15. The molecular weight excluding hydrogens is 186 g/mol. The van der Waals surface area contributed by atoms with Crippen molar-refractivity contribution in [1.82, 2.24) is 9.97 Å². The van der Waals surface area contributed by atoms with Crippen LogP contribution in [0.25, 0.3) is 0 Å². The van der Waals surface area contributed by atoms with Gasteiger partial charge >= 0.3 is 0 Å². The molecule has 0 aliphatic heterocycles. The third-order valence-electron chi connectivity index (χ3n) is 2.25. The standard InChI is InChI=1S/C12H13N3/c1-9-2-4-10(5-3-9)6-11-7-14-12(13)15-8-11/h2-5,7-8H,6H2,1H3,(H2,13,14,15). The molecule has 1 aromatic heterocycles. The van der Waals surface area contributed by atoms with Gasteiger partial charge in [-0.2, -0.15) is 0 Å². The van der Waals surface area contributed by atoms with E-state index in [2.05, 4.69) is 41.2 Å². The van der Waals surface area contributed by atoms with Crippen molar-refractivity contribution in [3.63, 3.8) is 0 Å². The van der Waals surface area contributed by atoms with Crippen molar-refractivity contribution in [3.8, 4) is 0 Å². The number of anilines is 1. The zero-order valence-corrected chi connectivity index (χ0v) is 8.64. The molecule has 2 rings (SSSR count). The van der Waals surface area contributed by atoms with Crippen LogP contribution in [0.1, 0.15) is 16.7 Å². The first-order valence-electron chi connectivity index (χ1n) is 4.86. The topological polar surface area (TPSA) is 51.8 Å². The fourth-order valence-corrected chi connectivity index (χ4v) is 1.40. The molecule has 0 saturated carbocycles. The number of rotatable bonds is 2. The average molecular weight is 199 g/mol. The van der Waals surface area contributed by atoms with Crippen LogP contribution < -0.4 is 5.73 Å². The molecular formula is C12H13N3. The molecule has 0 amide bonds. The van der Waals surface area contributed by atoms with Gasteiger partial charge in [0.2, 0.25) is 5.95 Å². The van der Waals surface area contributed by atoms with E-state index in [0.29, 0.717) is 5.95 Å². The Bertz CT molecular complexity index is 388. The third kappa shape index (κ3) is 2.53. The van der Waals surface area contributed by atoms with Gasteiger partial charge < -0.3 is 5.73 Å². The lowest BCUT2D eigenvalue weighted by Gasteiger charge is -2.01. The summed E-state index contributed by atoms with van der Waals surface area (Å²) in [5.74, 6) is 0.322. The summed E-state index contributed by atoms with van der Waals surface area (Å²) < 4.78 is 0. The van der Waals surface area contributed by atoms with Crippen molar-refractivity contribution in [3.05, 3.63) is 53.3 Å². The maximum Gasteiger partial charge on any atom is 0.219 e. The van der Waals surface area contributed by atoms with Gasteiger partial charge in [-0.25, -0.2) is 9.97 Å². The van der Waals surface area contributed by atoms with E-state index in [9.17, 15) is 0 Å². The SMILES string of the molecule is Cc1ccc(Cc2cnc(N)nc2)cc1. The Labute approximate surface area is 89.0 Å². The van der Waals surface area contributed by atoms with Crippen LogP contribution >= 0.6 is 0 Å². The van der Waals surface area contributed by atoms with Crippen molar-refractivity contribution < 1.29 is 0 Å². The van der Waals surface area contributed by atoms with Gasteiger partial charge in [-0.3, -0.25) is 0 Å². The molecule has 1 heterocycles. The monoisotopic (exact) mass is 199 g/mol. The van der Waals surface area contributed by atoms with Crippen LogP contribution in [0.5, 0.6) is 0 Å². The molecule has 3 heteroatoms. The largest absolute Gasteiger partial charge is 0.368 e. The minimum atomic E-state index is 0.322. The number of benzene rings is 1. The van der Waals surface area contributed by atoms with Crippen LogP contribution in [0, 0.1) is 6.92 Å². The molecule has 0 bridgehead atoms. The highest BCUT2D eigenvalue weighted by molar-refractivity contribution is 5.27. The maximum atomic E-state index is 5.42. The van der Waals surface area contributed by atoms with E-state index in [1.807, 2.05) is 0 Å². The lowest BCUT2D eigenvalue weighted by atomic mass is 10.1. The molecule has 0 atom stereocenters. The highest BCUT2D eigenvalue weighted by atomic mass is 15.0. The van der Waals surface area contributed by atoms with Crippen LogP contribution in [0.3, 0.4) is 0 Å². The second kappa shape index (κ2) is 4.09. The van der Waals surface area contributed by atoms with E-state index in [1.54, 1.807) is 12.4 Å². The number of hydrogen-bond donors (Lipinski definition) is 1. The van der Waals surface area contributed by atoms with Crippen molar-refractivity contribution in [1.29, 1.82) is 0 Å². The van der Waals surface area contributed by atoms with E-state index < -0.39 is 0 Å². The highest BCUT2D eigenvalue weighted by Crippen LogP contribution is 2.09. The number of hydrogen-bond acceptors (Lipinski definition) is 3. The number of aryl methyl sites for hydroxylation is 1. The summed E-state index contributed by atoms with van der Waals surface area (Å²) in [6.07, 6.45) is 4.38. The molecule has 0 aliphatic carbocycles. The summed E-state index contributed by atoms with van der Waals surface area (Å²) in [6, 6.07) is 8.44. The normalized spacial score (nSPS) is 10.2. The predicted molar refractivity (Wildman–Crippen MR) is 60.4 cm³/mol. The van der Waals surface area contributed by atoms with Crippen LogP contribution in [0.4, 0.5) is 5.95 Å². The number of nitrogen functional groups attached to an aromatic ring is 1. The molecule has 0 radical (unpaired) electrons. The van der Waals surface area contributed by atoms with Gasteiger partial charge in [0.05, 0.1) is 0 Å². The molecule has 0 saturated heterocycles. The minimum absolute atomic E-state index is 0.322. The van der Waals surface area contributed by atoms with Crippen molar-refractivity contribution in [2.75, 3.05) is 5.73 Å².